The van der Waals surface area contributed by atoms with E-state index in [0.29, 0.717) is 18.3 Å². The summed E-state index contributed by atoms with van der Waals surface area (Å²) in [5.74, 6) is 0.686. The summed E-state index contributed by atoms with van der Waals surface area (Å²) in [6, 6.07) is 12.9. The van der Waals surface area contributed by atoms with E-state index in [2.05, 4.69) is 35.5 Å². The zero-order valence-corrected chi connectivity index (χ0v) is 16.9. The van der Waals surface area contributed by atoms with Crippen LogP contribution >= 0.6 is 0 Å². The van der Waals surface area contributed by atoms with Gasteiger partial charge in [0.1, 0.15) is 12.3 Å². The number of aromatic nitrogens is 4. The Kier molecular flexibility index (Phi) is 4.27. The fourth-order valence-corrected chi connectivity index (χ4v) is 4.11. The van der Waals surface area contributed by atoms with E-state index in [0.717, 1.165) is 35.3 Å². The summed E-state index contributed by atoms with van der Waals surface area (Å²) in [4.78, 5) is 9.29. The molecule has 0 fully saturated rings. The lowest BCUT2D eigenvalue weighted by molar-refractivity contribution is 0.0203. The van der Waals surface area contributed by atoms with Crippen LogP contribution in [0.25, 0.3) is 22.4 Å². The molecular formula is C23H24N4O2. The van der Waals surface area contributed by atoms with Gasteiger partial charge >= 0.3 is 6.01 Å². The van der Waals surface area contributed by atoms with Crippen molar-refractivity contribution in [1.82, 2.24) is 19.1 Å². The average Bonchev–Trinajstić information content (AvgIpc) is 3.42. The van der Waals surface area contributed by atoms with E-state index in [-0.39, 0.29) is 0 Å². The van der Waals surface area contributed by atoms with Crippen LogP contribution in [0.2, 0.25) is 0 Å². The maximum absolute atomic E-state index is 6.02. The molecule has 6 nitrogen and oxygen atoms in total. The topological polar surface area (TPSA) is 54.1 Å². The minimum Gasteiger partial charge on any atom is -0.451 e. The molecule has 0 amide bonds. The first-order valence-electron chi connectivity index (χ1n) is 10.1. The molecule has 0 saturated carbocycles. The maximum Gasteiger partial charge on any atom is 0.300 e. The van der Waals surface area contributed by atoms with E-state index in [1.807, 2.05) is 42.1 Å². The van der Waals surface area contributed by atoms with Crippen molar-refractivity contribution in [3.63, 3.8) is 0 Å². The van der Waals surface area contributed by atoms with Gasteiger partial charge in [-0.05, 0) is 54.3 Å². The predicted molar refractivity (Wildman–Crippen MR) is 112 cm³/mol. The van der Waals surface area contributed by atoms with Crippen LogP contribution in [-0.4, -0.2) is 25.4 Å². The summed E-state index contributed by atoms with van der Waals surface area (Å²) in [6.45, 7) is 4.97. The van der Waals surface area contributed by atoms with E-state index >= 15 is 0 Å². The van der Waals surface area contributed by atoms with Crippen LogP contribution < -0.4 is 9.47 Å². The lowest BCUT2D eigenvalue weighted by atomic mass is 10.0. The van der Waals surface area contributed by atoms with Crippen molar-refractivity contribution in [2.45, 2.75) is 39.5 Å². The Morgan fingerprint density at radius 2 is 2.03 bits per heavy atom. The minimum absolute atomic E-state index is 0.402. The van der Waals surface area contributed by atoms with Gasteiger partial charge in [-0.15, -0.1) is 0 Å². The third-order valence-corrected chi connectivity index (χ3v) is 5.60. The number of aryl methyl sites for hydroxylation is 3. The largest absolute Gasteiger partial charge is 0.451 e. The van der Waals surface area contributed by atoms with Gasteiger partial charge < -0.3 is 14.0 Å². The molecular weight excluding hydrogens is 364 g/mol. The summed E-state index contributed by atoms with van der Waals surface area (Å²) in [6.07, 6.45) is 5.33. The molecule has 5 rings (SSSR count). The molecule has 6 heteroatoms. The van der Waals surface area contributed by atoms with Crippen molar-refractivity contribution in [3.05, 3.63) is 59.9 Å². The van der Waals surface area contributed by atoms with Crippen molar-refractivity contribution in [2.24, 2.45) is 7.05 Å². The van der Waals surface area contributed by atoms with Gasteiger partial charge in [-0.2, -0.15) is 4.98 Å². The highest BCUT2D eigenvalue weighted by Crippen LogP contribution is 2.32. The SMILES string of the molecule is CCc1ccc2c(nc3n2C[C@@H](Oc2ccc(-c4cccn4C)nc2)O3)c1CC. The molecule has 1 aromatic carbocycles. The fourth-order valence-electron chi connectivity index (χ4n) is 4.11. The second-order valence-corrected chi connectivity index (χ2v) is 7.33. The van der Waals surface area contributed by atoms with Crippen LogP contribution in [0, 0.1) is 0 Å². The Morgan fingerprint density at radius 1 is 1.14 bits per heavy atom. The molecule has 1 aliphatic rings. The molecule has 0 spiro atoms. The minimum atomic E-state index is -0.402. The number of nitrogens with zero attached hydrogens (tertiary/aromatic N) is 4. The Morgan fingerprint density at radius 3 is 2.72 bits per heavy atom. The van der Waals surface area contributed by atoms with E-state index < -0.39 is 6.29 Å². The smallest absolute Gasteiger partial charge is 0.300 e. The van der Waals surface area contributed by atoms with Crippen molar-refractivity contribution in [1.29, 1.82) is 0 Å². The van der Waals surface area contributed by atoms with E-state index in [4.69, 9.17) is 14.5 Å². The Hall–Kier alpha value is -3.28. The standard InChI is InChI=1S/C23H24N4O2/c1-4-15-8-11-20-22(17(15)5-2)25-23-27(20)14-21(29-23)28-16-9-10-18(24-13-16)19-7-6-12-26(19)3/h6-13,21H,4-5,14H2,1-3H3/t21-/m0/s1. The second kappa shape index (κ2) is 6.95. The number of hydrogen-bond donors (Lipinski definition) is 0. The van der Waals surface area contributed by atoms with Gasteiger partial charge in [-0.3, -0.25) is 9.55 Å². The summed E-state index contributed by atoms with van der Waals surface area (Å²) < 4.78 is 16.1. The van der Waals surface area contributed by atoms with Crippen LogP contribution in [0.3, 0.4) is 0 Å². The lowest BCUT2D eigenvalue weighted by Gasteiger charge is -2.13. The molecule has 0 aliphatic carbocycles. The maximum atomic E-state index is 6.02. The van der Waals surface area contributed by atoms with Crippen molar-refractivity contribution in [2.75, 3.05) is 0 Å². The van der Waals surface area contributed by atoms with Crippen molar-refractivity contribution >= 4 is 11.0 Å². The summed E-state index contributed by atoms with van der Waals surface area (Å²) in [5.41, 5.74) is 6.81. The van der Waals surface area contributed by atoms with E-state index in [9.17, 15) is 0 Å². The zero-order chi connectivity index (χ0) is 20.0. The molecule has 148 valence electrons. The highest BCUT2D eigenvalue weighted by atomic mass is 16.7. The number of pyridine rings is 1. The third-order valence-electron chi connectivity index (χ3n) is 5.60. The van der Waals surface area contributed by atoms with Gasteiger partial charge in [-0.1, -0.05) is 19.9 Å². The molecule has 4 aromatic rings. The fraction of sp³-hybridized carbons (Fsp3) is 0.304. The molecule has 0 saturated heterocycles. The number of benzene rings is 1. The van der Waals surface area contributed by atoms with Gasteiger partial charge in [0.2, 0.25) is 0 Å². The monoisotopic (exact) mass is 388 g/mol. The quantitative estimate of drug-likeness (QED) is 0.510. The average molecular weight is 388 g/mol. The van der Waals surface area contributed by atoms with Crippen LogP contribution in [0.1, 0.15) is 25.0 Å². The number of imidazole rings is 1. The highest BCUT2D eigenvalue weighted by Gasteiger charge is 2.29. The van der Waals surface area contributed by atoms with Gasteiger partial charge in [0.25, 0.3) is 6.29 Å². The van der Waals surface area contributed by atoms with Gasteiger partial charge in [0, 0.05) is 13.2 Å². The molecule has 1 aliphatic heterocycles. The van der Waals surface area contributed by atoms with E-state index in [1.54, 1.807) is 6.20 Å². The first-order valence-corrected chi connectivity index (χ1v) is 10.1. The molecule has 3 aromatic heterocycles. The number of ether oxygens (including phenoxy) is 2. The molecule has 1 atom stereocenters. The Bertz CT molecular complexity index is 1170. The molecule has 0 unspecified atom stereocenters. The normalized spacial score (nSPS) is 15.5. The second-order valence-electron chi connectivity index (χ2n) is 7.33. The number of fused-ring (bicyclic) bond motifs is 3. The van der Waals surface area contributed by atoms with Crippen LogP contribution in [0.15, 0.2) is 48.8 Å². The van der Waals surface area contributed by atoms with Crippen molar-refractivity contribution < 1.29 is 9.47 Å². The Balaban J connectivity index is 1.35. The van der Waals surface area contributed by atoms with Gasteiger partial charge in [0.15, 0.2) is 0 Å². The summed E-state index contributed by atoms with van der Waals surface area (Å²) >= 11 is 0. The zero-order valence-electron chi connectivity index (χ0n) is 16.9. The van der Waals surface area contributed by atoms with Crippen LogP contribution in [-0.2, 0) is 26.4 Å². The summed E-state index contributed by atoms with van der Waals surface area (Å²) in [5, 5.41) is 0. The number of hydrogen-bond acceptors (Lipinski definition) is 4. The third kappa shape index (κ3) is 2.95. The first kappa shape index (κ1) is 17.8. The lowest BCUT2D eigenvalue weighted by Crippen LogP contribution is -2.22. The van der Waals surface area contributed by atoms with Crippen LogP contribution in [0.4, 0.5) is 0 Å². The van der Waals surface area contributed by atoms with Crippen LogP contribution in [0.5, 0.6) is 11.8 Å². The first-order chi connectivity index (χ1) is 14.2. The molecule has 4 heterocycles. The molecule has 29 heavy (non-hydrogen) atoms. The highest BCUT2D eigenvalue weighted by molar-refractivity contribution is 5.82. The van der Waals surface area contributed by atoms with Crippen molar-refractivity contribution in [3.8, 4) is 23.1 Å². The van der Waals surface area contributed by atoms with E-state index in [1.165, 1.54) is 11.1 Å². The molecule has 0 bridgehead atoms. The predicted octanol–water partition coefficient (Wildman–Crippen LogP) is 4.36. The molecule has 0 radical (unpaired) electrons. The number of rotatable bonds is 5. The summed E-state index contributed by atoms with van der Waals surface area (Å²) in [7, 11) is 2.01. The Labute approximate surface area is 169 Å². The molecule has 0 N–H and O–H groups in total. The van der Waals surface area contributed by atoms with Gasteiger partial charge in [0.05, 0.1) is 28.6 Å². The van der Waals surface area contributed by atoms with Gasteiger partial charge in [-0.25, -0.2) is 0 Å².